The average Bonchev–Trinajstić information content (AvgIpc) is 2.07. The number of rotatable bonds is 2. The van der Waals surface area contributed by atoms with Gasteiger partial charge in [0.15, 0.2) is 0 Å². The van der Waals surface area contributed by atoms with Crippen molar-refractivity contribution in [1.82, 2.24) is 0 Å². The minimum atomic E-state index is 1.05. The Morgan fingerprint density at radius 1 is 1.18 bits per heavy atom. The van der Waals surface area contributed by atoms with Gasteiger partial charge in [-0.25, -0.2) is 0 Å². The first-order chi connectivity index (χ1) is 5.36. The summed E-state index contributed by atoms with van der Waals surface area (Å²) >= 11 is 1.24. The zero-order valence-corrected chi connectivity index (χ0v) is 6.84. The molecule has 0 radical (unpaired) electrons. The van der Waals surface area contributed by atoms with Crippen LogP contribution < -0.4 is 10.9 Å². The zero-order chi connectivity index (χ0) is 8.10. The monoisotopic (exact) mass is 166 g/mol. The molecule has 0 bridgehead atoms. The predicted molar refractivity (Wildman–Crippen MR) is 49.7 cm³/mol. The van der Waals surface area contributed by atoms with Gasteiger partial charge in [0, 0.05) is 4.90 Å². The van der Waals surface area contributed by atoms with E-state index in [9.17, 15) is 0 Å². The van der Waals surface area contributed by atoms with E-state index in [0.29, 0.717) is 0 Å². The first kappa shape index (κ1) is 8.17. The summed E-state index contributed by atoms with van der Waals surface area (Å²) in [7, 11) is 0. The number of hydrogen-bond acceptors (Lipinski definition) is 3. The average molecular weight is 166 g/mol. The van der Waals surface area contributed by atoms with Crippen molar-refractivity contribution in [3.63, 3.8) is 0 Å². The van der Waals surface area contributed by atoms with Crippen LogP contribution in [0.3, 0.4) is 0 Å². The maximum atomic E-state index is 5.35. The minimum absolute atomic E-state index is 1.05. The van der Waals surface area contributed by atoms with Crippen molar-refractivity contribution < 1.29 is 0 Å². The van der Waals surface area contributed by atoms with Crippen molar-refractivity contribution in [2.75, 3.05) is 0 Å². The molecule has 0 amide bonds. The van der Waals surface area contributed by atoms with Crippen LogP contribution in [0.25, 0.3) is 6.08 Å². The molecule has 0 spiro atoms. The molecule has 1 aromatic rings. The molecule has 2 nitrogen and oxygen atoms in total. The molecule has 4 N–H and O–H groups in total. The maximum Gasteiger partial charge on any atom is 0.0226 e. The summed E-state index contributed by atoms with van der Waals surface area (Å²) in [4.78, 5) is 1.05. The lowest BCUT2D eigenvalue weighted by Gasteiger charge is -1.95. The third-order valence-corrected chi connectivity index (χ3v) is 1.85. The van der Waals surface area contributed by atoms with E-state index >= 15 is 0 Å². The van der Waals surface area contributed by atoms with Gasteiger partial charge in [0.2, 0.25) is 0 Å². The van der Waals surface area contributed by atoms with Crippen molar-refractivity contribution >= 4 is 18.0 Å². The molecule has 1 rings (SSSR count). The van der Waals surface area contributed by atoms with E-state index in [1.165, 1.54) is 18.1 Å². The summed E-state index contributed by atoms with van der Waals surface area (Å²) in [5.74, 6) is 0. The molecule has 11 heavy (non-hydrogen) atoms. The van der Waals surface area contributed by atoms with E-state index in [1.807, 2.05) is 30.3 Å². The van der Waals surface area contributed by atoms with Crippen LogP contribution in [0.15, 0.2) is 35.4 Å². The molecule has 0 saturated carbocycles. The molecule has 0 atom stereocenters. The third kappa shape index (κ3) is 2.29. The minimum Gasteiger partial charge on any atom is -0.405 e. The molecule has 0 saturated heterocycles. The van der Waals surface area contributed by atoms with Gasteiger partial charge in [-0.3, -0.25) is 5.14 Å². The predicted octanol–water partition coefficient (Wildman–Crippen LogP) is 1.58. The zero-order valence-electron chi connectivity index (χ0n) is 6.03. The Morgan fingerprint density at radius 3 is 2.27 bits per heavy atom. The summed E-state index contributed by atoms with van der Waals surface area (Å²) in [6.07, 6.45) is 3.36. The Labute approximate surface area is 70.4 Å². The number of benzene rings is 1. The number of nitrogens with two attached hydrogens (primary N) is 2. The molecule has 0 aliphatic carbocycles. The summed E-state index contributed by atoms with van der Waals surface area (Å²) in [6, 6.07) is 7.86. The number of hydrogen-bond donors (Lipinski definition) is 2. The summed E-state index contributed by atoms with van der Waals surface area (Å²) in [5, 5.41) is 5.35. The van der Waals surface area contributed by atoms with Crippen molar-refractivity contribution in [2.24, 2.45) is 10.9 Å². The standard InChI is InChI=1S/C8H10N2S/c9-6-5-7-1-3-8(11-10)4-2-7/h1-6H,9-10H2/b6-5+. The fraction of sp³-hybridized carbons (Fsp3) is 0. The molecule has 0 aliphatic heterocycles. The van der Waals surface area contributed by atoms with Crippen molar-refractivity contribution in [3.05, 3.63) is 36.0 Å². The lowest BCUT2D eigenvalue weighted by Crippen LogP contribution is -1.80. The summed E-state index contributed by atoms with van der Waals surface area (Å²) in [5.41, 5.74) is 6.31. The van der Waals surface area contributed by atoms with Crippen LogP contribution in [0.2, 0.25) is 0 Å². The topological polar surface area (TPSA) is 52.0 Å². The van der Waals surface area contributed by atoms with E-state index in [1.54, 1.807) is 0 Å². The Balaban J connectivity index is 2.82. The molecular weight excluding hydrogens is 156 g/mol. The van der Waals surface area contributed by atoms with Crippen LogP contribution in [0, 0.1) is 0 Å². The SMILES string of the molecule is N/C=C/c1ccc(SN)cc1. The Bertz CT molecular complexity index is 241. The van der Waals surface area contributed by atoms with Gasteiger partial charge in [0.25, 0.3) is 0 Å². The second-order valence-electron chi connectivity index (χ2n) is 2.05. The Kier molecular flexibility index (Phi) is 3.01. The van der Waals surface area contributed by atoms with Crippen LogP contribution in [-0.4, -0.2) is 0 Å². The first-order valence-corrected chi connectivity index (χ1v) is 4.10. The second-order valence-corrected chi connectivity index (χ2v) is 2.75. The fourth-order valence-corrected chi connectivity index (χ4v) is 1.06. The van der Waals surface area contributed by atoms with Crippen LogP contribution >= 0.6 is 11.9 Å². The summed E-state index contributed by atoms with van der Waals surface area (Å²) < 4.78 is 0. The van der Waals surface area contributed by atoms with Gasteiger partial charge in [0.1, 0.15) is 0 Å². The quantitative estimate of drug-likeness (QED) is 0.656. The summed E-state index contributed by atoms with van der Waals surface area (Å²) in [6.45, 7) is 0. The lowest BCUT2D eigenvalue weighted by molar-refractivity contribution is 1.44. The van der Waals surface area contributed by atoms with Crippen LogP contribution in [0.1, 0.15) is 5.56 Å². The molecule has 0 fully saturated rings. The lowest BCUT2D eigenvalue weighted by atomic mass is 10.2. The molecule has 3 heteroatoms. The van der Waals surface area contributed by atoms with Gasteiger partial charge in [-0.05, 0) is 41.9 Å². The van der Waals surface area contributed by atoms with Gasteiger partial charge >= 0.3 is 0 Å². The molecule has 0 aromatic heterocycles. The highest BCUT2D eigenvalue weighted by atomic mass is 32.2. The Morgan fingerprint density at radius 2 is 1.82 bits per heavy atom. The van der Waals surface area contributed by atoms with Crippen molar-refractivity contribution in [1.29, 1.82) is 0 Å². The normalized spacial score (nSPS) is 10.6. The highest BCUT2D eigenvalue weighted by molar-refractivity contribution is 7.97. The van der Waals surface area contributed by atoms with Crippen molar-refractivity contribution in [2.45, 2.75) is 4.90 Å². The van der Waals surface area contributed by atoms with Crippen LogP contribution in [0.5, 0.6) is 0 Å². The Hall–Kier alpha value is -0.930. The van der Waals surface area contributed by atoms with Crippen molar-refractivity contribution in [3.8, 4) is 0 Å². The van der Waals surface area contributed by atoms with Gasteiger partial charge < -0.3 is 5.73 Å². The molecule has 1 aromatic carbocycles. The molecule has 0 aliphatic rings. The van der Waals surface area contributed by atoms with Gasteiger partial charge in [0.05, 0.1) is 0 Å². The van der Waals surface area contributed by atoms with Gasteiger partial charge in [-0.15, -0.1) is 0 Å². The van der Waals surface area contributed by atoms with E-state index in [2.05, 4.69) is 0 Å². The van der Waals surface area contributed by atoms with Crippen LogP contribution in [-0.2, 0) is 0 Å². The highest BCUT2D eigenvalue weighted by Gasteiger charge is 1.88. The van der Waals surface area contributed by atoms with E-state index in [-0.39, 0.29) is 0 Å². The van der Waals surface area contributed by atoms with Gasteiger partial charge in [-0.2, -0.15) is 0 Å². The van der Waals surface area contributed by atoms with Crippen LogP contribution in [0.4, 0.5) is 0 Å². The fourth-order valence-electron chi connectivity index (χ4n) is 0.769. The largest absolute Gasteiger partial charge is 0.405 e. The smallest absolute Gasteiger partial charge is 0.0226 e. The molecule has 0 unspecified atom stereocenters. The molecule has 58 valence electrons. The molecular formula is C8H10N2S. The highest BCUT2D eigenvalue weighted by Crippen LogP contribution is 2.12. The van der Waals surface area contributed by atoms with E-state index in [0.717, 1.165) is 10.5 Å². The maximum absolute atomic E-state index is 5.35. The third-order valence-electron chi connectivity index (χ3n) is 1.30. The molecule has 0 heterocycles. The van der Waals surface area contributed by atoms with E-state index in [4.69, 9.17) is 10.9 Å². The van der Waals surface area contributed by atoms with Gasteiger partial charge in [-0.1, -0.05) is 12.1 Å². The second kappa shape index (κ2) is 4.05. The first-order valence-electron chi connectivity index (χ1n) is 3.22. The van der Waals surface area contributed by atoms with E-state index < -0.39 is 0 Å².